The van der Waals surface area contributed by atoms with Gasteiger partial charge in [0, 0.05) is 16.8 Å². The zero-order valence-corrected chi connectivity index (χ0v) is 16.6. The number of nitrogens with one attached hydrogen (secondary N) is 1. The van der Waals surface area contributed by atoms with E-state index < -0.39 is 23.5 Å². The molecular formula is C20H21NO6S. The number of carbonyl (C=O) groups is 2. The highest BCUT2D eigenvalue weighted by Gasteiger charge is 2.22. The Kier molecular flexibility index (Phi) is 5.79. The molecule has 0 aliphatic rings. The molecule has 28 heavy (non-hydrogen) atoms. The summed E-state index contributed by atoms with van der Waals surface area (Å²) in [5.41, 5.74) is 2.21. The van der Waals surface area contributed by atoms with Crippen molar-refractivity contribution in [2.45, 2.75) is 32.7 Å². The molecule has 2 N–H and O–H groups in total. The Morgan fingerprint density at radius 2 is 1.96 bits per heavy atom. The summed E-state index contributed by atoms with van der Waals surface area (Å²) >= 11 is 1.50. The first-order chi connectivity index (χ1) is 13.3. The number of benzene rings is 1. The fourth-order valence-corrected chi connectivity index (χ4v) is 3.61. The molecule has 0 spiro atoms. The molecule has 1 aromatic carbocycles. The van der Waals surface area contributed by atoms with E-state index in [9.17, 15) is 19.5 Å². The molecule has 3 aromatic rings. The van der Waals surface area contributed by atoms with Gasteiger partial charge in [0.1, 0.15) is 17.2 Å². The van der Waals surface area contributed by atoms with E-state index in [0.29, 0.717) is 28.9 Å². The Morgan fingerprint density at radius 1 is 1.21 bits per heavy atom. The van der Waals surface area contributed by atoms with E-state index in [-0.39, 0.29) is 12.0 Å². The van der Waals surface area contributed by atoms with Crippen molar-refractivity contribution in [3.63, 3.8) is 0 Å². The van der Waals surface area contributed by atoms with Crippen LogP contribution < -0.4 is 10.9 Å². The minimum Gasteiger partial charge on any atom is -0.480 e. The highest BCUT2D eigenvalue weighted by Crippen LogP contribution is 2.28. The standard InChI is InChI=1S/C20H21NO6S/c1-10-9-26-16-8-17-13(6-12(10)16)11(2)14(20(25)27-17)7-18(22)21-15(19(23)24)4-5-28-3/h6,8-9,15H,4-5,7H2,1-3H3,(H,21,22)(H,23,24)/t15-/m0/s1. The van der Waals surface area contributed by atoms with Gasteiger partial charge in [-0.05, 0) is 49.5 Å². The minimum atomic E-state index is -1.09. The molecule has 3 rings (SSSR count). The van der Waals surface area contributed by atoms with Crippen molar-refractivity contribution in [2.75, 3.05) is 12.0 Å². The second-order valence-corrected chi connectivity index (χ2v) is 7.66. The van der Waals surface area contributed by atoms with Gasteiger partial charge in [0.2, 0.25) is 5.91 Å². The van der Waals surface area contributed by atoms with Crippen molar-refractivity contribution in [3.8, 4) is 0 Å². The second-order valence-electron chi connectivity index (χ2n) is 6.67. The van der Waals surface area contributed by atoms with Gasteiger partial charge < -0.3 is 19.3 Å². The Labute approximate surface area is 165 Å². The van der Waals surface area contributed by atoms with Gasteiger partial charge in [-0.25, -0.2) is 9.59 Å². The van der Waals surface area contributed by atoms with Crippen molar-refractivity contribution in [3.05, 3.63) is 45.5 Å². The Balaban J connectivity index is 1.92. The van der Waals surface area contributed by atoms with Crippen molar-refractivity contribution in [1.82, 2.24) is 5.32 Å². The summed E-state index contributed by atoms with van der Waals surface area (Å²) in [6.07, 6.45) is 3.57. The molecule has 8 heteroatoms. The third-order valence-electron chi connectivity index (χ3n) is 4.76. The number of rotatable bonds is 7. The van der Waals surface area contributed by atoms with Gasteiger partial charge in [-0.1, -0.05) is 0 Å². The third-order valence-corrected chi connectivity index (χ3v) is 5.40. The number of fused-ring (bicyclic) bond motifs is 2. The number of hydrogen-bond acceptors (Lipinski definition) is 6. The van der Waals surface area contributed by atoms with Crippen LogP contribution in [0.25, 0.3) is 21.9 Å². The maximum Gasteiger partial charge on any atom is 0.340 e. The first-order valence-electron chi connectivity index (χ1n) is 8.77. The van der Waals surface area contributed by atoms with Crippen molar-refractivity contribution < 1.29 is 23.5 Å². The molecule has 148 valence electrons. The third kappa shape index (κ3) is 3.91. The molecule has 1 amide bonds. The monoisotopic (exact) mass is 403 g/mol. The minimum absolute atomic E-state index is 0.222. The van der Waals surface area contributed by atoms with Crippen LogP contribution in [-0.2, 0) is 16.0 Å². The summed E-state index contributed by atoms with van der Waals surface area (Å²) in [6.45, 7) is 3.67. The number of amides is 1. The highest BCUT2D eigenvalue weighted by atomic mass is 32.2. The van der Waals surface area contributed by atoms with Gasteiger partial charge in [-0.2, -0.15) is 11.8 Å². The molecule has 7 nitrogen and oxygen atoms in total. The molecule has 0 fully saturated rings. The molecule has 1 atom stereocenters. The van der Waals surface area contributed by atoms with E-state index in [4.69, 9.17) is 8.83 Å². The summed E-state index contributed by atoms with van der Waals surface area (Å²) < 4.78 is 10.8. The molecular weight excluding hydrogens is 382 g/mol. The zero-order valence-electron chi connectivity index (χ0n) is 15.8. The summed E-state index contributed by atoms with van der Waals surface area (Å²) in [4.78, 5) is 36.1. The summed E-state index contributed by atoms with van der Waals surface area (Å²) in [7, 11) is 0. The van der Waals surface area contributed by atoms with Gasteiger partial charge >= 0.3 is 11.6 Å². The summed E-state index contributed by atoms with van der Waals surface area (Å²) in [6, 6.07) is 2.56. The number of thioether (sulfide) groups is 1. The maximum atomic E-state index is 12.4. The zero-order chi connectivity index (χ0) is 20.4. The SMILES string of the molecule is CSCC[C@H](NC(=O)Cc1c(C)c2cc3c(C)coc3cc2oc1=O)C(=O)O. The first-order valence-corrected chi connectivity index (χ1v) is 10.2. The predicted molar refractivity (Wildman–Crippen MR) is 108 cm³/mol. The number of aliphatic carboxylic acids is 1. The molecule has 2 aromatic heterocycles. The van der Waals surface area contributed by atoms with Crippen LogP contribution in [-0.4, -0.2) is 35.0 Å². The van der Waals surface area contributed by atoms with Gasteiger partial charge in [-0.15, -0.1) is 0 Å². The van der Waals surface area contributed by atoms with E-state index in [1.165, 1.54) is 11.8 Å². The molecule has 0 aliphatic heterocycles. The van der Waals surface area contributed by atoms with E-state index in [0.717, 1.165) is 16.3 Å². The van der Waals surface area contributed by atoms with Crippen LogP contribution in [0.3, 0.4) is 0 Å². The lowest BCUT2D eigenvalue weighted by Gasteiger charge is -2.14. The average Bonchev–Trinajstić information content (AvgIpc) is 3.00. The molecule has 0 bridgehead atoms. The maximum absolute atomic E-state index is 12.4. The van der Waals surface area contributed by atoms with Crippen LogP contribution in [0.4, 0.5) is 0 Å². The quantitative estimate of drug-likeness (QED) is 0.584. The average molecular weight is 403 g/mol. The van der Waals surface area contributed by atoms with Crippen LogP contribution in [0.1, 0.15) is 23.1 Å². The lowest BCUT2D eigenvalue weighted by molar-refractivity contribution is -0.141. The Bertz CT molecular complexity index is 1110. The van der Waals surface area contributed by atoms with Crippen molar-refractivity contribution >= 4 is 45.6 Å². The predicted octanol–water partition coefficient (Wildman–Crippen LogP) is 3.02. The van der Waals surface area contributed by atoms with Crippen molar-refractivity contribution in [2.24, 2.45) is 0 Å². The molecule has 0 radical (unpaired) electrons. The highest BCUT2D eigenvalue weighted by molar-refractivity contribution is 7.98. The van der Waals surface area contributed by atoms with E-state index in [1.54, 1.807) is 19.3 Å². The fraction of sp³-hybridized carbons (Fsp3) is 0.350. The molecule has 0 saturated carbocycles. The molecule has 2 heterocycles. The normalized spacial score (nSPS) is 12.4. The van der Waals surface area contributed by atoms with Crippen LogP contribution in [0.5, 0.6) is 0 Å². The lowest BCUT2D eigenvalue weighted by atomic mass is 10.0. The second kappa shape index (κ2) is 8.10. The molecule has 0 aliphatic carbocycles. The number of furan rings is 1. The van der Waals surface area contributed by atoms with Crippen molar-refractivity contribution in [1.29, 1.82) is 0 Å². The topological polar surface area (TPSA) is 110 Å². The Morgan fingerprint density at radius 3 is 2.64 bits per heavy atom. The number of aryl methyl sites for hydroxylation is 2. The number of hydrogen-bond donors (Lipinski definition) is 2. The van der Waals surface area contributed by atoms with E-state index >= 15 is 0 Å². The van der Waals surface area contributed by atoms with Gasteiger partial charge in [0.15, 0.2) is 0 Å². The fourth-order valence-electron chi connectivity index (χ4n) is 3.14. The smallest absolute Gasteiger partial charge is 0.340 e. The van der Waals surface area contributed by atoms with Crippen LogP contribution in [0.15, 0.2) is 32.0 Å². The van der Waals surface area contributed by atoms with Gasteiger partial charge in [0.25, 0.3) is 0 Å². The van der Waals surface area contributed by atoms with Gasteiger partial charge in [-0.3, -0.25) is 4.79 Å². The van der Waals surface area contributed by atoms with Crippen LogP contribution in [0.2, 0.25) is 0 Å². The lowest BCUT2D eigenvalue weighted by Crippen LogP contribution is -2.42. The summed E-state index contributed by atoms with van der Waals surface area (Å²) in [5, 5.41) is 13.4. The molecule has 0 unspecified atom stereocenters. The molecule has 0 saturated heterocycles. The van der Waals surface area contributed by atoms with E-state index in [1.807, 2.05) is 19.2 Å². The number of carboxylic acids is 1. The largest absolute Gasteiger partial charge is 0.480 e. The number of carbonyl (C=O) groups excluding carboxylic acids is 1. The number of carboxylic acid groups (broad SMARTS) is 1. The van der Waals surface area contributed by atoms with E-state index in [2.05, 4.69) is 5.32 Å². The van der Waals surface area contributed by atoms with Gasteiger partial charge in [0.05, 0.1) is 18.2 Å². The van der Waals surface area contributed by atoms with Crippen LogP contribution in [0, 0.1) is 13.8 Å². The Hall–Kier alpha value is -2.74. The first kappa shape index (κ1) is 20.0. The van der Waals surface area contributed by atoms with Crippen LogP contribution >= 0.6 is 11.8 Å². The summed E-state index contributed by atoms with van der Waals surface area (Å²) in [5.74, 6) is -1.01.